The van der Waals surface area contributed by atoms with Crippen LogP contribution in [-0.2, 0) is 0 Å². The Labute approximate surface area is 173 Å². The van der Waals surface area contributed by atoms with E-state index in [9.17, 15) is 14.7 Å². The monoisotopic (exact) mass is 436 g/mol. The summed E-state index contributed by atoms with van der Waals surface area (Å²) in [6.07, 6.45) is 1.02. The first-order valence-electron chi connectivity index (χ1n) is 7.74. The van der Waals surface area contributed by atoms with Crippen LogP contribution in [0.5, 0.6) is 5.75 Å². The van der Waals surface area contributed by atoms with Gasteiger partial charge in [-0.2, -0.15) is 0 Å². The van der Waals surface area contributed by atoms with Crippen molar-refractivity contribution < 1.29 is 19.1 Å². The van der Waals surface area contributed by atoms with Crippen LogP contribution in [0.2, 0.25) is 15.1 Å². The fourth-order valence-corrected chi connectivity index (χ4v) is 3.04. The van der Waals surface area contributed by atoms with E-state index in [1.54, 1.807) is 6.07 Å². The average Bonchev–Trinajstić information content (AvgIpc) is 2.66. The number of carbonyl (C=O) groups excluding carboxylic acids is 2. The Morgan fingerprint density at radius 1 is 1.00 bits per heavy atom. The smallest absolute Gasteiger partial charge is 0.261 e. The molecule has 0 saturated heterocycles. The van der Waals surface area contributed by atoms with Gasteiger partial charge in [-0.05, 0) is 36.4 Å². The Hall–Kier alpha value is -2.80. The van der Waals surface area contributed by atoms with Gasteiger partial charge in [0, 0.05) is 5.02 Å². The maximum absolute atomic E-state index is 12.7. The largest absolute Gasteiger partial charge is 0.507 e. The molecule has 0 saturated carbocycles. The summed E-state index contributed by atoms with van der Waals surface area (Å²) < 4.78 is 5.03. The van der Waals surface area contributed by atoms with Gasteiger partial charge in [-0.15, -0.1) is 0 Å². The number of hydrogen-bond donors (Lipinski definition) is 3. The molecule has 0 bridgehead atoms. The minimum atomic E-state index is -0.742. The van der Waals surface area contributed by atoms with Crippen LogP contribution < -0.4 is 10.9 Å². The highest BCUT2D eigenvalue weighted by molar-refractivity contribution is 6.40. The lowest BCUT2D eigenvalue weighted by molar-refractivity contribution is 0.102. The summed E-state index contributed by atoms with van der Waals surface area (Å²) in [5, 5.41) is 20.9. The molecule has 142 valence electrons. The van der Waals surface area contributed by atoms with Gasteiger partial charge < -0.3 is 14.8 Å². The number of anilines is 1. The van der Waals surface area contributed by atoms with Crippen LogP contribution >= 0.6 is 34.8 Å². The van der Waals surface area contributed by atoms with E-state index in [0.717, 1.165) is 6.26 Å². The van der Waals surface area contributed by atoms with Crippen molar-refractivity contribution in [2.24, 2.45) is 0 Å². The summed E-state index contributed by atoms with van der Waals surface area (Å²) in [6.45, 7) is 0. The van der Waals surface area contributed by atoms with E-state index in [0.29, 0.717) is 0 Å². The van der Waals surface area contributed by atoms with Crippen molar-refractivity contribution in [2.75, 3.05) is 5.32 Å². The quantitative estimate of drug-likeness (QED) is 0.505. The second-order valence-electron chi connectivity index (χ2n) is 5.62. The highest BCUT2D eigenvalue weighted by Crippen LogP contribution is 2.30. The molecule has 0 aliphatic rings. The number of nitrogens with one attached hydrogen (secondary N) is 2. The summed E-state index contributed by atoms with van der Waals surface area (Å²) in [4.78, 5) is 25.2. The topological polar surface area (TPSA) is 103 Å². The van der Waals surface area contributed by atoms with Crippen LogP contribution in [0.25, 0.3) is 0 Å². The molecule has 0 radical (unpaired) electrons. The normalized spacial score (nSPS) is 10.5. The SMILES string of the molecule is N=c1occ(C(=O)c2cc(Cl)ccc2O)cc1C(=O)Nc1c(Cl)cccc1Cl. The third-order valence-electron chi connectivity index (χ3n) is 3.76. The minimum Gasteiger partial charge on any atom is -0.507 e. The Bertz CT molecular complexity index is 1140. The minimum absolute atomic E-state index is 0.0519. The van der Waals surface area contributed by atoms with Gasteiger partial charge in [0.15, 0.2) is 5.78 Å². The van der Waals surface area contributed by atoms with Gasteiger partial charge in [-0.1, -0.05) is 40.9 Å². The fourth-order valence-electron chi connectivity index (χ4n) is 2.37. The second-order valence-corrected chi connectivity index (χ2v) is 6.87. The van der Waals surface area contributed by atoms with E-state index in [1.165, 1.54) is 36.4 Å². The molecule has 9 heteroatoms. The summed E-state index contributed by atoms with van der Waals surface area (Å²) in [6, 6.07) is 9.86. The second kappa shape index (κ2) is 8.06. The van der Waals surface area contributed by atoms with E-state index in [1.807, 2.05) is 0 Å². The predicted molar refractivity (Wildman–Crippen MR) is 106 cm³/mol. The van der Waals surface area contributed by atoms with Gasteiger partial charge in [0.05, 0.1) is 26.9 Å². The molecule has 0 aliphatic heterocycles. The van der Waals surface area contributed by atoms with Crippen LogP contribution in [-0.4, -0.2) is 16.8 Å². The Balaban J connectivity index is 1.98. The van der Waals surface area contributed by atoms with Gasteiger partial charge in [0.2, 0.25) is 5.55 Å². The Kier molecular flexibility index (Phi) is 5.74. The van der Waals surface area contributed by atoms with E-state index < -0.39 is 17.2 Å². The highest BCUT2D eigenvalue weighted by atomic mass is 35.5. The zero-order valence-electron chi connectivity index (χ0n) is 13.9. The number of amides is 1. The summed E-state index contributed by atoms with van der Waals surface area (Å²) in [7, 11) is 0. The Morgan fingerprint density at radius 3 is 2.36 bits per heavy atom. The molecular formula is C19H11Cl3N2O4. The molecule has 0 spiro atoms. The maximum atomic E-state index is 12.7. The van der Waals surface area contributed by atoms with Crippen LogP contribution in [0.15, 0.2) is 53.1 Å². The number of aromatic hydroxyl groups is 1. The van der Waals surface area contributed by atoms with Crippen LogP contribution in [0.3, 0.4) is 0 Å². The standard InChI is InChI=1S/C19H11Cl3N2O4/c20-10-4-5-15(25)11(7-10)17(26)9-6-12(18(23)28-8-9)19(27)24-16-13(21)2-1-3-14(16)22/h1-8,23,25H,(H,24,27). The molecule has 28 heavy (non-hydrogen) atoms. The number of para-hydroxylation sites is 1. The lowest BCUT2D eigenvalue weighted by atomic mass is 10.0. The molecule has 1 aromatic heterocycles. The van der Waals surface area contributed by atoms with Crippen LogP contribution in [0, 0.1) is 5.41 Å². The first-order chi connectivity index (χ1) is 13.3. The number of rotatable bonds is 4. The maximum Gasteiger partial charge on any atom is 0.261 e. The summed E-state index contributed by atoms with van der Waals surface area (Å²) in [5.41, 5.74) is -0.639. The molecule has 0 fully saturated rings. The summed E-state index contributed by atoms with van der Waals surface area (Å²) in [5.74, 6) is -1.65. The number of hydrogen-bond acceptors (Lipinski definition) is 5. The van der Waals surface area contributed by atoms with Crippen molar-refractivity contribution in [3.63, 3.8) is 0 Å². The molecule has 0 unspecified atom stereocenters. The first kappa shape index (κ1) is 19.9. The van der Waals surface area contributed by atoms with Crippen molar-refractivity contribution in [1.29, 1.82) is 5.41 Å². The van der Waals surface area contributed by atoms with E-state index in [2.05, 4.69) is 5.32 Å². The molecule has 6 nitrogen and oxygen atoms in total. The molecule has 3 aromatic rings. The molecule has 3 N–H and O–H groups in total. The van der Waals surface area contributed by atoms with Crippen molar-refractivity contribution >= 4 is 52.2 Å². The number of ketones is 1. The van der Waals surface area contributed by atoms with Gasteiger partial charge in [0.25, 0.3) is 5.91 Å². The summed E-state index contributed by atoms with van der Waals surface area (Å²) >= 11 is 17.9. The number of carbonyl (C=O) groups is 2. The average molecular weight is 438 g/mol. The van der Waals surface area contributed by atoms with Crippen LogP contribution in [0.1, 0.15) is 26.3 Å². The molecule has 3 rings (SSSR count). The third kappa shape index (κ3) is 4.04. The highest BCUT2D eigenvalue weighted by Gasteiger charge is 2.20. The van der Waals surface area contributed by atoms with Crippen molar-refractivity contribution in [2.45, 2.75) is 0 Å². The van der Waals surface area contributed by atoms with Crippen molar-refractivity contribution in [3.8, 4) is 5.75 Å². The Morgan fingerprint density at radius 2 is 1.68 bits per heavy atom. The van der Waals surface area contributed by atoms with Crippen molar-refractivity contribution in [3.05, 3.63) is 86.0 Å². The number of phenolic OH excluding ortho intramolecular Hbond substituents is 1. The van der Waals surface area contributed by atoms with E-state index in [-0.39, 0.29) is 43.2 Å². The molecule has 1 amide bonds. The third-order valence-corrected chi connectivity index (χ3v) is 4.62. The number of benzene rings is 2. The van der Waals surface area contributed by atoms with Gasteiger partial charge in [-0.3, -0.25) is 15.0 Å². The number of halogens is 3. The van der Waals surface area contributed by atoms with Crippen LogP contribution in [0.4, 0.5) is 5.69 Å². The van der Waals surface area contributed by atoms with E-state index >= 15 is 0 Å². The predicted octanol–water partition coefficient (Wildman–Crippen LogP) is 4.91. The molecular weight excluding hydrogens is 427 g/mol. The zero-order valence-corrected chi connectivity index (χ0v) is 16.2. The fraction of sp³-hybridized carbons (Fsp3) is 0. The van der Waals surface area contributed by atoms with Gasteiger partial charge in [0.1, 0.15) is 17.6 Å². The van der Waals surface area contributed by atoms with E-state index in [4.69, 9.17) is 44.6 Å². The number of phenols is 1. The zero-order chi connectivity index (χ0) is 20.4. The van der Waals surface area contributed by atoms with Gasteiger partial charge in [-0.25, -0.2) is 0 Å². The molecule has 0 atom stereocenters. The lowest BCUT2D eigenvalue weighted by Gasteiger charge is -2.10. The van der Waals surface area contributed by atoms with Crippen molar-refractivity contribution in [1.82, 2.24) is 0 Å². The van der Waals surface area contributed by atoms with Gasteiger partial charge >= 0.3 is 0 Å². The molecule has 0 aliphatic carbocycles. The molecule has 1 heterocycles. The lowest BCUT2D eigenvalue weighted by Crippen LogP contribution is -2.22. The molecule has 2 aromatic carbocycles. The first-order valence-corrected chi connectivity index (χ1v) is 8.87.